The van der Waals surface area contributed by atoms with Crippen LogP contribution in [0.3, 0.4) is 0 Å². The second-order valence-electron chi connectivity index (χ2n) is 4.04. The second kappa shape index (κ2) is 7.47. The van der Waals surface area contributed by atoms with Crippen LogP contribution in [-0.2, 0) is 0 Å². The highest BCUT2D eigenvalue weighted by Crippen LogP contribution is 2.42. The van der Waals surface area contributed by atoms with Gasteiger partial charge in [0.1, 0.15) is 11.3 Å². The van der Waals surface area contributed by atoms with Crippen LogP contribution >= 0.6 is 36.8 Å². The van der Waals surface area contributed by atoms with E-state index in [1.54, 1.807) is 6.07 Å². The van der Waals surface area contributed by atoms with Crippen molar-refractivity contribution in [2.24, 2.45) is 0 Å². The summed E-state index contributed by atoms with van der Waals surface area (Å²) in [6.07, 6.45) is 1.70. The van der Waals surface area contributed by atoms with Gasteiger partial charge in [0.15, 0.2) is 11.5 Å². The van der Waals surface area contributed by atoms with Gasteiger partial charge in [-0.2, -0.15) is 0 Å². The lowest BCUT2D eigenvalue weighted by molar-refractivity contribution is 0.0979. The van der Waals surface area contributed by atoms with E-state index >= 15 is 0 Å². The lowest BCUT2D eigenvalue weighted by atomic mass is 10.0. The minimum absolute atomic E-state index is 0.0521. The number of hydrogen-bond donors (Lipinski definition) is 0. The first-order valence-electron chi connectivity index (χ1n) is 5.87. The molecule has 106 valence electrons. The van der Waals surface area contributed by atoms with Crippen LogP contribution in [0.15, 0.2) is 10.5 Å². The Hall–Kier alpha value is -0.310. The van der Waals surface area contributed by atoms with Gasteiger partial charge in [0, 0.05) is 5.66 Å². The van der Waals surface area contributed by atoms with Gasteiger partial charge in [-0.25, -0.2) is 0 Å². The van der Waals surface area contributed by atoms with Crippen molar-refractivity contribution in [3.05, 3.63) is 21.1 Å². The smallest absolute Gasteiger partial charge is 0.177 e. The molecule has 0 radical (unpaired) electrons. The lowest BCUT2D eigenvalue weighted by Crippen LogP contribution is -2.16. The monoisotopic (exact) mass is 366 g/mol. The van der Waals surface area contributed by atoms with Gasteiger partial charge < -0.3 is 9.47 Å². The van der Waals surface area contributed by atoms with E-state index in [0.29, 0.717) is 26.6 Å². The van der Waals surface area contributed by atoms with Crippen LogP contribution in [0.1, 0.15) is 30.1 Å². The molecule has 0 aromatic heterocycles. The third kappa shape index (κ3) is 3.62. The molecule has 0 heterocycles. The topological polar surface area (TPSA) is 35.5 Å². The molecule has 0 aliphatic carbocycles. The number of carbonyl (C=O) groups is 1. The van der Waals surface area contributed by atoms with Crippen LogP contribution in [0.25, 0.3) is 0 Å². The average Bonchev–Trinajstić information content (AvgIpc) is 2.37. The van der Waals surface area contributed by atoms with Gasteiger partial charge in [-0.3, -0.25) is 4.79 Å². The highest BCUT2D eigenvalue weighted by Gasteiger charge is 2.27. The van der Waals surface area contributed by atoms with Crippen molar-refractivity contribution in [1.82, 2.24) is 0 Å². The molecule has 0 bridgehead atoms. The summed E-state index contributed by atoms with van der Waals surface area (Å²) in [5.41, 5.74) is 0.205. The van der Waals surface area contributed by atoms with Crippen LogP contribution in [-0.4, -0.2) is 25.7 Å². The van der Waals surface area contributed by atoms with Gasteiger partial charge in [-0.15, -0.1) is 9.24 Å². The number of ketones is 1. The molecule has 6 heteroatoms. The summed E-state index contributed by atoms with van der Waals surface area (Å²) >= 11 is 9.47. The maximum atomic E-state index is 12.5. The van der Waals surface area contributed by atoms with Crippen molar-refractivity contribution < 1.29 is 14.3 Å². The fourth-order valence-corrected chi connectivity index (χ4v) is 3.34. The average molecular weight is 368 g/mol. The summed E-state index contributed by atoms with van der Waals surface area (Å²) in [7, 11) is 5.57. The first kappa shape index (κ1) is 16.7. The molecule has 0 aliphatic heterocycles. The summed E-state index contributed by atoms with van der Waals surface area (Å²) in [6.45, 7) is 2.03. The molecule has 0 saturated carbocycles. The van der Waals surface area contributed by atoms with Gasteiger partial charge >= 0.3 is 0 Å². The van der Waals surface area contributed by atoms with Crippen LogP contribution in [0.4, 0.5) is 0 Å². The number of Topliss-reactive ketones (excluding diaryl/α,β-unsaturated/α-hetero) is 1. The van der Waals surface area contributed by atoms with Crippen LogP contribution in [0.5, 0.6) is 11.5 Å². The molecule has 1 aromatic carbocycles. The standard InChI is InChI=1S/C13H17BrClO3P/c1-4-5-9(19)11(16)10-12(17-2)7(14)6-8(15)13(10)18-3/h6,9H,4-5,19H2,1-3H3. The minimum atomic E-state index is -0.182. The number of ether oxygens (including phenoxy) is 2. The number of methoxy groups -OCH3 is 2. The van der Waals surface area contributed by atoms with Crippen molar-refractivity contribution >= 4 is 42.6 Å². The van der Waals surface area contributed by atoms with Crippen LogP contribution < -0.4 is 9.47 Å². The maximum Gasteiger partial charge on any atom is 0.177 e. The maximum absolute atomic E-state index is 12.5. The van der Waals surface area contributed by atoms with E-state index in [1.807, 2.05) is 6.92 Å². The van der Waals surface area contributed by atoms with E-state index in [0.717, 1.165) is 12.8 Å². The van der Waals surface area contributed by atoms with Crippen molar-refractivity contribution in [1.29, 1.82) is 0 Å². The third-order valence-corrected chi connectivity index (χ3v) is 4.24. The molecular weight excluding hydrogens is 350 g/mol. The Labute approximate surface area is 129 Å². The van der Waals surface area contributed by atoms with Gasteiger partial charge in [0.2, 0.25) is 0 Å². The summed E-state index contributed by atoms with van der Waals surface area (Å²) in [5, 5.41) is 0.382. The Kier molecular flexibility index (Phi) is 6.58. The molecule has 2 atom stereocenters. The molecular formula is C13H17BrClO3P. The zero-order chi connectivity index (χ0) is 14.6. The van der Waals surface area contributed by atoms with E-state index in [9.17, 15) is 4.79 Å². The van der Waals surface area contributed by atoms with Crippen molar-refractivity contribution in [3.63, 3.8) is 0 Å². The Morgan fingerprint density at radius 3 is 2.47 bits per heavy atom. The molecule has 3 nitrogen and oxygen atoms in total. The molecule has 1 aromatic rings. The first-order chi connectivity index (χ1) is 8.97. The Balaban J connectivity index is 3.41. The quantitative estimate of drug-likeness (QED) is 0.554. The Morgan fingerprint density at radius 2 is 2.00 bits per heavy atom. The summed E-state index contributed by atoms with van der Waals surface area (Å²) < 4.78 is 11.2. The second-order valence-corrected chi connectivity index (χ2v) is 6.11. The van der Waals surface area contributed by atoms with Crippen LogP contribution in [0.2, 0.25) is 5.02 Å². The fraction of sp³-hybridized carbons (Fsp3) is 0.462. The first-order valence-corrected chi connectivity index (χ1v) is 7.71. The van der Waals surface area contributed by atoms with Crippen molar-refractivity contribution in [2.75, 3.05) is 14.2 Å². The Bertz CT molecular complexity index is 451. The van der Waals surface area contributed by atoms with Gasteiger partial charge in [0.05, 0.1) is 23.7 Å². The molecule has 0 spiro atoms. The van der Waals surface area contributed by atoms with E-state index in [4.69, 9.17) is 21.1 Å². The highest BCUT2D eigenvalue weighted by molar-refractivity contribution is 9.10. The SMILES string of the molecule is CCCC(P)C(=O)c1c(OC)c(Cl)cc(Br)c1OC. The summed E-state index contributed by atoms with van der Waals surface area (Å²) in [4.78, 5) is 12.5. The number of rotatable bonds is 6. The molecule has 1 rings (SSSR count). The zero-order valence-electron chi connectivity index (χ0n) is 11.1. The van der Waals surface area contributed by atoms with E-state index in [2.05, 4.69) is 25.2 Å². The minimum Gasteiger partial charge on any atom is -0.495 e. The number of benzene rings is 1. The van der Waals surface area contributed by atoms with Gasteiger partial charge in [0.25, 0.3) is 0 Å². The van der Waals surface area contributed by atoms with Gasteiger partial charge in [-0.05, 0) is 28.4 Å². The highest BCUT2D eigenvalue weighted by atomic mass is 79.9. The summed E-state index contributed by atoms with van der Waals surface area (Å²) in [5.74, 6) is 0.758. The molecule has 0 amide bonds. The number of halogens is 2. The van der Waals surface area contributed by atoms with E-state index in [1.165, 1.54) is 14.2 Å². The molecule has 0 saturated heterocycles. The predicted octanol–water partition coefficient (Wildman–Crippen LogP) is 4.35. The number of carbonyl (C=O) groups excluding carboxylic acids is 1. The normalized spacial score (nSPS) is 12.1. The van der Waals surface area contributed by atoms with E-state index < -0.39 is 0 Å². The van der Waals surface area contributed by atoms with Crippen molar-refractivity contribution in [2.45, 2.75) is 25.4 Å². The molecule has 19 heavy (non-hydrogen) atoms. The molecule has 0 aliphatic rings. The van der Waals surface area contributed by atoms with E-state index in [-0.39, 0.29) is 11.4 Å². The van der Waals surface area contributed by atoms with Crippen LogP contribution in [0, 0.1) is 0 Å². The lowest BCUT2D eigenvalue weighted by Gasteiger charge is -2.17. The van der Waals surface area contributed by atoms with Crippen molar-refractivity contribution in [3.8, 4) is 11.5 Å². The number of hydrogen-bond acceptors (Lipinski definition) is 3. The molecule has 0 fully saturated rings. The zero-order valence-corrected chi connectivity index (χ0v) is 14.6. The predicted molar refractivity (Wildman–Crippen MR) is 85.0 cm³/mol. The fourth-order valence-electron chi connectivity index (χ4n) is 1.83. The third-order valence-electron chi connectivity index (χ3n) is 2.73. The Morgan fingerprint density at radius 1 is 1.42 bits per heavy atom. The summed E-state index contributed by atoms with van der Waals surface area (Å²) in [6, 6.07) is 1.66. The largest absolute Gasteiger partial charge is 0.495 e. The molecule has 0 N–H and O–H groups in total. The van der Waals surface area contributed by atoms with Gasteiger partial charge in [-0.1, -0.05) is 24.9 Å². The molecule has 2 unspecified atom stereocenters.